The molecule has 2 unspecified atom stereocenters. The van der Waals surface area contributed by atoms with Crippen LogP contribution >= 0.6 is 0 Å². The van der Waals surface area contributed by atoms with Crippen LogP contribution in [0.15, 0.2) is 54.6 Å². The monoisotopic (exact) mass is 517 g/mol. The summed E-state index contributed by atoms with van der Waals surface area (Å²) in [6.45, 7) is 7.16. The number of alkyl carbamates (subject to hydrolysis) is 1. The predicted molar refractivity (Wildman–Crippen MR) is 148 cm³/mol. The predicted octanol–water partition coefficient (Wildman–Crippen LogP) is 5.04. The van der Waals surface area contributed by atoms with Crippen molar-refractivity contribution in [3.05, 3.63) is 71.3 Å². The zero-order chi connectivity index (χ0) is 27.7. The molecule has 0 spiro atoms. The van der Waals surface area contributed by atoms with Crippen LogP contribution in [0.1, 0.15) is 75.6 Å². The molecule has 2 aromatic carbocycles. The van der Waals surface area contributed by atoms with E-state index in [1.54, 1.807) is 26.8 Å². The highest BCUT2D eigenvalue weighted by Crippen LogP contribution is 2.25. The Morgan fingerprint density at radius 2 is 1.74 bits per heavy atom. The fraction of sp³-hybridized carbons (Fsp3) is 0.452. The first-order chi connectivity index (χ1) is 18.1. The average molecular weight is 518 g/mol. The fourth-order valence-corrected chi connectivity index (χ4v) is 4.72. The molecule has 0 heterocycles. The van der Waals surface area contributed by atoms with Gasteiger partial charge in [0, 0.05) is 18.5 Å². The molecular weight excluding hydrogens is 478 g/mol. The van der Waals surface area contributed by atoms with E-state index in [2.05, 4.69) is 16.7 Å². The Kier molecular flexibility index (Phi) is 9.95. The van der Waals surface area contributed by atoms with E-state index in [0.717, 1.165) is 48.1 Å². The molecule has 7 nitrogen and oxygen atoms in total. The molecule has 38 heavy (non-hydrogen) atoms. The summed E-state index contributed by atoms with van der Waals surface area (Å²) >= 11 is 0. The van der Waals surface area contributed by atoms with Crippen LogP contribution in [-0.2, 0) is 20.7 Å². The maximum atomic E-state index is 14.0. The first kappa shape index (κ1) is 28.8. The van der Waals surface area contributed by atoms with E-state index < -0.39 is 29.7 Å². The van der Waals surface area contributed by atoms with Gasteiger partial charge in [-0.05, 0) is 51.7 Å². The van der Waals surface area contributed by atoms with Crippen molar-refractivity contribution >= 4 is 17.9 Å². The summed E-state index contributed by atoms with van der Waals surface area (Å²) in [4.78, 5) is 41.5. The highest BCUT2D eigenvalue weighted by molar-refractivity contribution is 5.93. The molecule has 7 heteroatoms. The van der Waals surface area contributed by atoms with Crippen LogP contribution < -0.4 is 10.6 Å². The summed E-state index contributed by atoms with van der Waals surface area (Å²) in [5, 5.41) is 5.82. The number of hydrogen-bond donors (Lipinski definition) is 2. The normalized spacial score (nSPS) is 15.4. The molecule has 1 aliphatic carbocycles. The van der Waals surface area contributed by atoms with Crippen molar-refractivity contribution in [1.82, 2.24) is 15.5 Å². The van der Waals surface area contributed by atoms with Gasteiger partial charge in [-0.2, -0.15) is 0 Å². The lowest BCUT2D eigenvalue weighted by molar-refractivity contribution is -0.139. The van der Waals surface area contributed by atoms with Gasteiger partial charge < -0.3 is 15.4 Å². The fourth-order valence-electron chi connectivity index (χ4n) is 4.72. The van der Waals surface area contributed by atoms with Crippen LogP contribution in [0, 0.1) is 19.4 Å². The summed E-state index contributed by atoms with van der Waals surface area (Å²) in [5.74, 6) is -0.892. The molecule has 0 bridgehead atoms. The Labute approximate surface area is 226 Å². The van der Waals surface area contributed by atoms with Gasteiger partial charge in [0.1, 0.15) is 17.7 Å². The number of hydrogen-bond acceptors (Lipinski definition) is 4. The van der Waals surface area contributed by atoms with E-state index >= 15 is 0 Å². The molecule has 202 valence electrons. The SMILES string of the molecule is C#CN(C(=O)C(Cc1ccccc1)NC(=O)OC(C)(C)C)C(C(=O)NC1CCCCC1)c1cccc(C)c1. The van der Waals surface area contributed by atoms with Crippen LogP contribution in [0.2, 0.25) is 0 Å². The van der Waals surface area contributed by atoms with Gasteiger partial charge in [0.05, 0.1) is 0 Å². The zero-order valence-electron chi connectivity index (χ0n) is 22.8. The molecule has 1 aliphatic rings. The number of terminal acetylenes is 1. The van der Waals surface area contributed by atoms with E-state index in [4.69, 9.17) is 11.2 Å². The van der Waals surface area contributed by atoms with Gasteiger partial charge in [-0.1, -0.05) is 85.8 Å². The molecule has 0 aliphatic heterocycles. The van der Waals surface area contributed by atoms with Gasteiger partial charge in [0.15, 0.2) is 0 Å². The van der Waals surface area contributed by atoms with E-state index in [1.165, 1.54) is 0 Å². The third-order valence-corrected chi connectivity index (χ3v) is 6.46. The second-order valence-electron chi connectivity index (χ2n) is 10.9. The molecule has 2 N–H and O–H groups in total. The lowest BCUT2D eigenvalue weighted by Crippen LogP contribution is -2.53. The van der Waals surface area contributed by atoms with E-state index in [9.17, 15) is 14.4 Å². The summed E-state index contributed by atoms with van der Waals surface area (Å²) < 4.78 is 5.43. The summed E-state index contributed by atoms with van der Waals surface area (Å²) in [7, 11) is 0. The van der Waals surface area contributed by atoms with E-state index in [1.807, 2.05) is 55.5 Å². The Balaban J connectivity index is 1.95. The van der Waals surface area contributed by atoms with Crippen molar-refractivity contribution < 1.29 is 19.1 Å². The molecule has 0 aromatic heterocycles. The largest absolute Gasteiger partial charge is 0.444 e. The second-order valence-corrected chi connectivity index (χ2v) is 10.9. The minimum Gasteiger partial charge on any atom is -0.444 e. The minimum absolute atomic E-state index is 0.0401. The third kappa shape index (κ3) is 8.37. The highest BCUT2D eigenvalue weighted by Gasteiger charge is 2.36. The van der Waals surface area contributed by atoms with Crippen molar-refractivity contribution in [2.24, 2.45) is 0 Å². The van der Waals surface area contributed by atoms with Gasteiger partial charge >= 0.3 is 6.09 Å². The summed E-state index contributed by atoms with van der Waals surface area (Å²) in [6, 6.07) is 17.1. The van der Waals surface area contributed by atoms with Crippen molar-refractivity contribution in [3.63, 3.8) is 0 Å². The van der Waals surface area contributed by atoms with Crippen LogP contribution in [0.4, 0.5) is 4.79 Å². The molecule has 0 radical (unpaired) electrons. The number of nitrogens with zero attached hydrogens (tertiary/aromatic N) is 1. The number of amides is 3. The van der Waals surface area contributed by atoms with Gasteiger partial charge in [0.25, 0.3) is 5.91 Å². The smallest absolute Gasteiger partial charge is 0.408 e. The van der Waals surface area contributed by atoms with Gasteiger partial charge in [-0.25, -0.2) is 4.79 Å². The highest BCUT2D eigenvalue weighted by atomic mass is 16.6. The number of benzene rings is 2. The van der Waals surface area contributed by atoms with Gasteiger partial charge in [0.2, 0.25) is 5.91 Å². The van der Waals surface area contributed by atoms with Crippen molar-refractivity contribution in [2.75, 3.05) is 0 Å². The maximum Gasteiger partial charge on any atom is 0.408 e. The Hall–Kier alpha value is -3.79. The van der Waals surface area contributed by atoms with Crippen LogP contribution in [0.25, 0.3) is 0 Å². The Morgan fingerprint density at radius 1 is 1.05 bits per heavy atom. The van der Waals surface area contributed by atoms with E-state index in [0.29, 0.717) is 5.56 Å². The van der Waals surface area contributed by atoms with Gasteiger partial charge in [-0.3, -0.25) is 14.5 Å². The first-order valence-electron chi connectivity index (χ1n) is 13.3. The van der Waals surface area contributed by atoms with Crippen molar-refractivity contribution in [3.8, 4) is 12.5 Å². The number of carbonyl (C=O) groups is 3. The minimum atomic E-state index is -1.05. The zero-order valence-corrected chi connectivity index (χ0v) is 22.8. The number of rotatable bonds is 8. The van der Waals surface area contributed by atoms with E-state index in [-0.39, 0.29) is 18.4 Å². The maximum absolute atomic E-state index is 14.0. The standard InChI is InChI=1S/C31H39N3O4/c1-6-34(27(24-17-13-14-22(2)20-24)28(35)32-25-18-11-8-12-19-25)29(36)26(21-23-15-9-7-10-16-23)33-30(37)38-31(3,4)5/h1,7,9-10,13-17,20,25-27H,8,11-12,18-19,21H2,2-5H3,(H,32,35)(H,33,37). The Bertz CT molecular complexity index is 1140. The number of ether oxygens (including phenoxy) is 1. The molecule has 2 atom stereocenters. The molecule has 3 amide bonds. The molecule has 0 saturated heterocycles. The summed E-state index contributed by atoms with van der Waals surface area (Å²) in [6.07, 6.45) is 10.4. The first-order valence-corrected chi connectivity index (χ1v) is 13.3. The summed E-state index contributed by atoms with van der Waals surface area (Å²) in [5.41, 5.74) is 1.63. The molecule has 3 rings (SSSR count). The van der Waals surface area contributed by atoms with Crippen LogP contribution in [0.5, 0.6) is 0 Å². The third-order valence-electron chi connectivity index (χ3n) is 6.46. The van der Waals surface area contributed by atoms with Crippen LogP contribution in [0.3, 0.4) is 0 Å². The van der Waals surface area contributed by atoms with Crippen molar-refractivity contribution in [2.45, 2.75) is 89.9 Å². The number of nitrogens with one attached hydrogen (secondary N) is 2. The lowest BCUT2D eigenvalue weighted by Gasteiger charge is -2.32. The van der Waals surface area contributed by atoms with Crippen molar-refractivity contribution in [1.29, 1.82) is 0 Å². The number of aryl methyl sites for hydroxylation is 1. The molecule has 2 aromatic rings. The molecular formula is C31H39N3O4. The average Bonchev–Trinajstić information content (AvgIpc) is 2.86. The number of carbonyl (C=O) groups excluding carboxylic acids is 3. The second kappa shape index (κ2) is 13.1. The molecule has 1 saturated carbocycles. The quantitative estimate of drug-likeness (QED) is 0.379. The van der Waals surface area contributed by atoms with Crippen LogP contribution in [-0.4, -0.2) is 40.5 Å². The van der Waals surface area contributed by atoms with Gasteiger partial charge in [-0.15, -0.1) is 0 Å². The topological polar surface area (TPSA) is 87.7 Å². The molecule has 1 fully saturated rings. The Morgan fingerprint density at radius 3 is 2.34 bits per heavy atom. The lowest BCUT2D eigenvalue weighted by atomic mass is 9.94.